The average Bonchev–Trinajstić information content (AvgIpc) is 2.96. The number of ether oxygens (including phenoxy) is 1. The third kappa shape index (κ3) is 3.13. The van der Waals surface area contributed by atoms with Gasteiger partial charge in [0, 0.05) is 25.4 Å². The summed E-state index contributed by atoms with van der Waals surface area (Å²) in [6.07, 6.45) is 7.20. The van der Waals surface area contributed by atoms with Gasteiger partial charge in [0.25, 0.3) is 0 Å². The Hall–Kier alpha value is -1.13. The zero-order chi connectivity index (χ0) is 13.8. The number of hydrogen-bond acceptors (Lipinski definition) is 4. The Kier molecular flexibility index (Phi) is 4.53. The monoisotopic (exact) mass is 275 g/mol. The number of nitrogens with two attached hydrogens (primary N) is 1. The normalized spacial score (nSPS) is 19.4. The lowest BCUT2D eigenvalue weighted by atomic mass is 10.1. The first kappa shape index (κ1) is 13.8. The highest BCUT2D eigenvalue weighted by molar-refractivity contribution is 5.43. The van der Waals surface area contributed by atoms with Gasteiger partial charge in [-0.2, -0.15) is 0 Å². The number of rotatable bonds is 5. The summed E-state index contributed by atoms with van der Waals surface area (Å²) in [4.78, 5) is 7.25. The smallest absolute Gasteiger partial charge is 0.128 e. The van der Waals surface area contributed by atoms with Gasteiger partial charge in [0.1, 0.15) is 5.82 Å². The molecule has 0 radical (unpaired) electrons. The molecule has 0 aromatic carbocycles. The van der Waals surface area contributed by atoms with Gasteiger partial charge in [-0.1, -0.05) is 6.07 Å². The molecule has 1 aromatic rings. The minimum absolute atomic E-state index is 0.409. The van der Waals surface area contributed by atoms with Crippen LogP contribution in [0, 0.1) is 0 Å². The zero-order valence-corrected chi connectivity index (χ0v) is 12.2. The van der Waals surface area contributed by atoms with Crippen LogP contribution in [0.2, 0.25) is 0 Å². The molecule has 2 aliphatic rings. The number of hydrogen-bond donors (Lipinski definition) is 1. The Bertz CT molecular complexity index is 441. The van der Waals surface area contributed by atoms with Gasteiger partial charge < -0.3 is 15.4 Å². The van der Waals surface area contributed by atoms with Crippen LogP contribution < -0.4 is 10.6 Å². The van der Waals surface area contributed by atoms with Crippen LogP contribution >= 0.6 is 0 Å². The maximum absolute atomic E-state index is 5.85. The van der Waals surface area contributed by atoms with Crippen LogP contribution in [0.1, 0.15) is 36.9 Å². The van der Waals surface area contributed by atoms with E-state index in [0.717, 1.165) is 57.7 Å². The summed E-state index contributed by atoms with van der Waals surface area (Å²) < 4.78 is 5.85. The summed E-state index contributed by atoms with van der Waals surface area (Å²) in [6, 6.07) is 4.47. The molecule has 1 saturated heterocycles. The molecule has 0 spiro atoms. The van der Waals surface area contributed by atoms with Gasteiger partial charge >= 0.3 is 0 Å². The van der Waals surface area contributed by atoms with Gasteiger partial charge in [-0.15, -0.1) is 0 Å². The lowest BCUT2D eigenvalue weighted by Crippen LogP contribution is -2.37. The van der Waals surface area contributed by atoms with Crippen LogP contribution in [0.5, 0.6) is 0 Å². The van der Waals surface area contributed by atoms with Gasteiger partial charge in [-0.05, 0) is 56.7 Å². The highest BCUT2D eigenvalue weighted by Crippen LogP contribution is 2.25. The summed E-state index contributed by atoms with van der Waals surface area (Å²) in [5.74, 6) is 1.16. The van der Waals surface area contributed by atoms with Crippen LogP contribution in [-0.4, -0.2) is 37.3 Å². The van der Waals surface area contributed by atoms with Crippen LogP contribution in [0.3, 0.4) is 0 Å². The molecule has 4 heteroatoms. The van der Waals surface area contributed by atoms with Gasteiger partial charge in [0.15, 0.2) is 0 Å². The fourth-order valence-electron chi connectivity index (χ4n) is 3.17. The van der Waals surface area contributed by atoms with Gasteiger partial charge in [0.2, 0.25) is 0 Å². The van der Waals surface area contributed by atoms with Crippen LogP contribution in [0.25, 0.3) is 0 Å². The molecular weight excluding hydrogens is 250 g/mol. The number of anilines is 1. The number of aromatic nitrogens is 1. The molecule has 2 N–H and O–H groups in total. The van der Waals surface area contributed by atoms with E-state index in [9.17, 15) is 0 Å². The van der Waals surface area contributed by atoms with Crippen molar-refractivity contribution >= 4 is 5.82 Å². The van der Waals surface area contributed by atoms with E-state index in [1.807, 2.05) is 0 Å². The number of pyridine rings is 1. The molecule has 3 rings (SSSR count). The minimum atomic E-state index is 0.409. The molecule has 20 heavy (non-hydrogen) atoms. The van der Waals surface area contributed by atoms with Crippen LogP contribution in [0.15, 0.2) is 12.1 Å². The molecule has 1 aromatic heterocycles. The maximum Gasteiger partial charge on any atom is 0.128 e. The van der Waals surface area contributed by atoms with Crippen molar-refractivity contribution in [3.63, 3.8) is 0 Å². The quantitative estimate of drug-likeness (QED) is 0.834. The highest BCUT2D eigenvalue weighted by atomic mass is 16.5. The standard InChI is InChI=1S/C16H25N3O/c17-9-2-12-20-14-7-10-19(11-8-14)16-6-5-13-3-1-4-15(13)18-16/h5-6,14H,1-4,7-12,17H2. The largest absolute Gasteiger partial charge is 0.378 e. The molecule has 0 amide bonds. The Labute approximate surface area is 121 Å². The maximum atomic E-state index is 5.85. The molecule has 0 atom stereocenters. The molecule has 1 aliphatic carbocycles. The number of piperidine rings is 1. The van der Waals surface area contributed by atoms with Gasteiger partial charge in [-0.25, -0.2) is 4.98 Å². The molecule has 110 valence electrons. The fourth-order valence-corrected chi connectivity index (χ4v) is 3.17. The molecular formula is C16H25N3O. The van der Waals surface area contributed by atoms with Crippen molar-refractivity contribution in [3.05, 3.63) is 23.4 Å². The Morgan fingerprint density at radius 3 is 2.90 bits per heavy atom. The molecule has 1 aliphatic heterocycles. The van der Waals surface area contributed by atoms with E-state index in [-0.39, 0.29) is 0 Å². The summed E-state index contributed by atoms with van der Waals surface area (Å²) >= 11 is 0. The van der Waals surface area contributed by atoms with E-state index < -0.39 is 0 Å². The second-order valence-corrected chi connectivity index (χ2v) is 5.83. The Morgan fingerprint density at radius 1 is 1.25 bits per heavy atom. The van der Waals surface area contributed by atoms with E-state index in [0.29, 0.717) is 6.10 Å². The second kappa shape index (κ2) is 6.55. The zero-order valence-electron chi connectivity index (χ0n) is 12.2. The van der Waals surface area contributed by atoms with Crippen molar-refractivity contribution in [3.8, 4) is 0 Å². The fraction of sp³-hybridized carbons (Fsp3) is 0.688. The van der Waals surface area contributed by atoms with Crippen molar-refractivity contribution < 1.29 is 4.74 Å². The van der Waals surface area contributed by atoms with Crippen molar-refractivity contribution in [2.45, 2.75) is 44.6 Å². The van der Waals surface area contributed by atoms with E-state index in [1.165, 1.54) is 24.1 Å². The highest BCUT2D eigenvalue weighted by Gasteiger charge is 2.21. The van der Waals surface area contributed by atoms with E-state index in [2.05, 4.69) is 17.0 Å². The minimum Gasteiger partial charge on any atom is -0.378 e. The van der Waals surface area contributed by atoms with Crippen molar-refractivity contribution in [1.29, 1.82) is 0 Å². The SMILES string of the molecule is NCCCOC1CCN(c2ccc3c(n2)CCC3)CC1. The lowest BCUT2D eigenvalue weighted by molar-refractivity contribution is 0.0365. The van der Waals surface area contributed by atoms with E-state index >= 15 is 0 Å². The third-order valence-electron chi connectivity index (χ3n) is 4.38. The third-order valence-corrected chi connectivity index (χ3v) is 4.38. The van der Waals surface area contributed by atoms with E-state index in [4.69, 9.17) is 15.5 Å². The number of aryl methyl sites for hydroxylation is 2. The molecule has 2 heterocycles. The van der Waals surface area contributed by atoms with Crippen LogP contribution in [0.4, 0.5) is 5.82 Å². The van der Waals surface area contributed by atoms with E-state index in [1.54, 1.807) is 0 Å². The van der Waals surface area contributed by atoms with Gasteiger partial charge in [-0.3, -0.25) is 0 Å². The molecule has 0 saturated carbocycles. The predicted molar refractivity (Wildman–Crippen MR) is 81.1 cm³/mol. The lowest BCUT2D eigenvalue weighted by Gasteiger charge is -2.33. The van der Waals surface area contributed by atoms with Crippen molar-refractivity contribution in [1.82, 2.24) is 4.98 Å². The second-order valence-electron chi connectivity index (χ2n) is 5.83. The molecule has 0 bridgehead atoms. The average molecular weight is 275 g/mol. The molecule has 0 unspecified atom stereocenters. The summed E-state index contributed by atoms with van der Waals surface area (Å²) in [6.45, 7) is 3.63. The van der Waals surface area contributed by atoms with Crippen molar-refractivity contribution in [2.24, 2.45) is 5.73 Å². The summed E-state index contributed by atoms with van der Waals surface area (Å²) in [7, 11) is 0. The van der Waals surface area contributed by atoms with Crippen molar-refractivity contribution in [2.75, 3.05) is 31.1 Å². The topological polar surface area (TPSA) is 51.4 Å². The first-order valence-electron chi connectivity index (χ1n) is 7.92. The first-order chi connectivity index (χ1) is 9.86. The first-order valence-corrected chi connectivity index (χ1v) is 7.92. The number of nitrogens with zero attached hydrogens (tertiary/aromatic N) is 2. The Balaban J connectivity index is 1.53. The predicted octanol–water partition coefficient (Wildman–Crippen LogP) is 1.90. The number of fused-ring (bicyclic) bond motifs is 1. The summed E-state index contributed by atoms with van der Waals surface area (Å²) in [5.41, 5.74) is 8.27. The van der Waals surface area contributed by atoms with Crippen LogP contribution in [-0.2, 0) is 17.6 Å². The molecule has 4 nitrogen and oxygen atoms in total. The molecule has 1 fully saturated rings. The van der Waals surface area contributed by atoms with Gasteiger partial charge in [0.05, 0.1) is 6.10 Å². The summed E-state index contributed by atoms with van der Waals surface area (Å²) in [5, 5.41) is 0. The Morgan fingerprint density at radius 2 is 2.10 bits per heavy atom.